The first-order chi connectivity index (χ1) is 12.5. The Balaban J connectivity index is 1.69. The summed E-state index contributed by atoms with van der Waals surface area (Å²) in [5.41, 5.74) is 3.28. The van der Waals surface area contributed by atoms with Crippen LogP contribution in [0.4, 0.5) is 15.2 Å². The Morgan fingerprint density at radius 1 is 1.23 bits per heavy atom. The molecule has 1 heterocycles. The van der Waals surface area contributed by atoms with Gasteiger partial charge in [0.25, 0.3) is 0 Å². The van der Waals surface area contributed by atoms with Crippen molar-refractivity contribution in [1.82, 2.24) is 4.98 Å². The Morgan fingerprint density at radius 2 is 2.00 bits per heavy atom. The average molecular weight is 371 g/mol. The molecule has 0 spiro atoms. The van der Waals surface area contributed by atoms with Crippen molar-refractivity contribution in [1.29, 1.82) is 0 Å². The highest BCUT2D eigenvalue weighted by Gasteiger charge is 2.08. The minimum Gasteiger partial charge on any atom is -0.495 e. The molecule has 0 aliphatic carbocycles. The van der Waals surface area contributed by atoms with Crippen molar-refractivity contribution in [3.8, 4) is 17.0 Å². The van der Waals surface area contributed by atoms with Crippen LogP contribution in [0.2, 0.25) is 0 Å². The molecule has 3 rings (SSSR count). The van der Waals surface area contributed by atoms with Gasteiger partial charge in [-0.2, -0.15) is 0 Å². The molecule has 2 N–H and O–H groups in total. The van der Waals surface area contributed by atoms with Crippen LogP contribution in [-0.2, 0) is 11.3 Å². The van der Waals surface area contributed by atoms with Crippen LogP contribution in [-0.4, -0.2) is 18.0 Å². The van der Waals surface area contributed by atoms with E-state index in [4.69, 9.17) is 4.74 Å². The highest BCUT2D eigenvalue weighted by Crippen LogP contribution is 2.28. The standard InChI is InChI=1S/C19H18FN3O2S/c1-12(24)22-16-9-13(3-8-18(16)25-2)10-21-19-23-17(11-26-19)14-4-6-15(20)7-5-14/h3-9,11H,10H2,1-2H3,(H,21,23)(H,22,24). The maximum Gasteiger partial charge on any atom is 0.221 e. The molecule has 5 nitrogen and oxygen atoms in total. The monoisotopic (exact) mass is 371 g/mol. The van der Waals surface area contributed by atoms with Crippen LogP contribution in [0.25, 0.3) is 11.3 Å². The van der Waals surface area contributed by atoms with Gasteiger partial charge in [-0.1, -0.05) is 6.07 Å². The van der Waals surface area contributed by atoms with Gasteiger partial charge in [0, 0.05) is 24.4 Å². The number of nitrogens with zero attached hydrogens (tertiary/aromatic N) is 1. The van der Waals surface area contributed by atoms with Crippen molar-refractivity contribution in [3.63, 3.8) is 0 Å². The van der Waals surface area contributed by atoms with Crippen molar-refractivity contribution in [2.75, 3.05) is 17.7 Å². The summed E-state index contributed by atoms with van der Waals surface area (Å²) in [4.78, 5) is 15.8. The summed E-state index contributed by atoms with van der Waals surface area (Å²) in [6, 6.07) is 11.8. The number of carbonyl (C=O) groups excluding carboxylic acids is 1. The molecule has 0 unspecified atom stereocenters. The number of benzene rings is 2. The van der Waals surface area contributed by atoms with E-state index in [9.17, 15) is 9.18 Å². The largest absolute Gasteiger partial charge is 0.495 e. The number of aromatic nitrogens is 1. The molecule has 0 aliphatic heterocycles. The summed E-state index contributed by atoms with van der Waals surface area (Å²) in [6.07, 6.45) is 0. The van der Waals surface area contributed by atoms with Crippen molar-refractivity contribution in [3.05, 3.63) is 59.2 Å². The molecule has 2 aromatic carbocycles. The third-order valence-electron chi connectivity index (χ3n) is 3.66. The maximum absolute atomic E-state index is 13.0. The van der Waals surface area contributed by atoms with Gasteiger partial charge in [-0.25, -0.2) is 9.37 Å². The number of halogens is 1. The number of rotatable bonds is 6. The molecule has 26 heavy (non-hydrogen) atoms. The first-order valence-electron chi connectivity index (χ1n) is 7.95. The fourth-order valence-corrected chi connectivity index (χ4v) is 3.16. The number of hydrogen-bond donors (Lipinski definition) is 2. The lowest BCUT2D eigenvalue weighted by molar-refractivity contribution is -0.114. The van der Waals surface area contributed by atoms with E-state index in [1.165, 1.54) is 30.4 Å². The van der Waals surface area contributed by atoms with Gasteiger partial charge in [0.05, 0.1) is 18.5 Å². The number of carbonyl (C=O) groups is 1. The Bertz CT molecular complexity index is 909. The summed E-state index contributed by atoms with van der Waals surface area (Å²) in [5.74, 6) is 0.186. The number of methoxy groups -OCH3 is 1. The maximum atomic E-state index is 13.0. The fraction of sp³-hybridized carbons (Fsp3) is 0.158. The summed E-state index contributed by atoms with van der Waals surface area (Å²) < 4.78 is 18.3. The van der Waals surface area contributed by atoms with Crippen molar-refractivity contribution in [2.24, 2.45) is 0 Å². The number of nitrogens with one attached hydrogen (secondary N) is 2. The first kappa shape index (κ1) is 17.9. The average Bonchev–Trinajstić information content (AvgIpc) is 3.09. The molecule has 0 fully saturated rings. The smallest absolute Gasteiger partial charge is 0.221 e. The highest BCUT2D eigenvalue weighted by molar-refractivity contribution is 7.14. The van der Waals surface area contributed by atoms with E-state index >= 15 is 0 Å². The first-order valence-corrected chi connectivity index (χ1v) is 8.83. The minimum absolute atomic E-state index is 0.155. The highest BCUT2D eigenvalue weighted by atomic mass is 32.1. The van der Waals surface area contributed by atoms with Crippen LogP contribution in [0, 0.1) is 5.82 Å². The molecular weight excluding hydrogens is 353 g/mol. The Hall–Kier alpha value is -2.93. The second-order valence-electron chi connectivity index (χ2n) is 5.61. The van der Waals surface area contributed by atoms with Crippen LogP contribution in [0.5, 0.6) is 5.75 Å². The van der Waals surface area contributed by atoms with Crippen LogP contribution in [0.3, 0.4) is 0 Å². The van der Waals surface area contributed by atoms with Gasteiger partial charge in [0.1, 0.15) is 11.6 Å². The Labute approximate surface area is 154 Å². The summed E-state index contributed by atoms with van der Waals surface area (Å²) in [7, 11) is 1.56. The van der Waals surface area contributed by atoms with Gasteiger partial charge in [-0.15, -0.1) is 11.3 Å². The van der Waals surface area contributed by atoms with E-state index in [0.717, 1.165) is 22.0 Å². The van der Waals surface area contributed by atoms with Crippen LogP contribution in [0.1, 0.15) is 12.5 Å². The number of thiazole rings is 1. The normalized spacial score (nSPS) is 10.4. The van der Waals surface area contributed by atoms with Crippen molar-refractivity contribution < 1.29 is 13.9 Å². The lowest BCUT2D eigenvalue weighted by Crippen LogP contribution is -2.08. The second-order valence-corrected chi connectivity index (χ2v) is 6.47. The van der Waals surface area contributed by atoms with E-state index in [0.29, 0.717) is 18.0 Å². The van der Waals surface area contributed by atoms with Crippen LogP contribution in [0.15, 0.2) is 47.8 Å². The molecule has 134 valence electrons. The lowest BCUT2D eigenvalue weighted by Gasteiger charge is -2.11. The van der Waals surface area contributed by atoms with E-state index in [1.54, 1.807) is 19.2 Å². The lowest BCUT2D eigenvalue weighted by atomic mass is 10.2. The van der Waals surface area contributed by atoms with Gasteiger partial charge in [0.2, 0.25) is 5.91 Å². The zero-order valence-electron chi connectivity index (χ0n) is 14.4. The van der Waals surface area contributed by atoms with Gasteiger partial charge in [-0.05, 0) is 42.0 Å². The molecule has 0 saturated carbocycles. The molecule has 1 amide bonds. The summed E-state index contributed by atoms with van der Waals surface area (Å²) in [6.45, 7) is 2.00. The molecule has 1 aromatic heterocycles. The van der Waals surface area contributed by atoms with Crippen LogP contribution < -0.4 is 15.4 Å². The quantitative estimate of drug-likeness (QED) is 0.668. The minimum atomic E-state index is -0.267. The predicted molar refractivity (Wildman–Crippen MR) is 102 cm³/mol. The molecule has 0 bridgehead atoms. The third kappa shape index (κ3) is 4.37. The zero-order chi connectivity index (χ0) is 18.5. The molecule has 0 radical (unpaired) electrons. The summed E-state index contributed by atoms with van der Waals surface area (Å²) in [5, 5.41) is 8.71. The molecule has 7 heteroatoms. The van der Waals surface area contributed by atoms with Gasteiger partial charge < -0.3 is 15.4 Å². The van der Waals surface area contributed by atoms with Gasteiger partial charge in [-0.3, -0.25) is 4.79 Å². The molecule has 0 atom stereocenters. The Morgan fingerprint density at radius 3 is 2.69 bits per heavy atom. The molecule has 0 aliphatic rings. The fourth-order valence-electron chi connectivity index (χ4n) is 2.44. The number of hydrogen-bond acceptors (Lipinski definition) is 5. The second kappa shape index (κ2) is 7.97. The molecule has 0 saturated heterocycles. The molecular formula is C19H18FN3O2S. The van der Waals surface area contributed by atoms with Gasteiger partial charge in [0.15, 0.2) is 5.13 Å². The van der Waals surface area contributed by atoms with E-state index in [2.05, 4.69) is 15.6 Å². The van der Waals surface area contributed by atoms with Crippen molar-refractivity contribution >= 4 is 28.1 Å². The van der Waals surface area contributed by atoms with E-state index in [-0.39, 0.29) is 11.7 Å². The zero-order valence-corrected chi connectivity index (χ0v) is 15.2. The molecule has 3 aromatic rings. The number of amides is 1. The van der Waals surface area contributed by atoms with E-state index in [1.807, 2.05) is 23.6 Å². The number of anilines is 2. The predicted octanol–water partition coefficient (Wildman–Crippen LogP) is 4.53. The SMILES string of the molecule is COc1ccc(CNc2nc(-c3ccc(F)cc3)cs2)cc1NC(C)=O. The summed E-state index contributed by atoms with van der Waals surface area (Å²) >= 11 is 1.48. The third-order valence-corrected chi connectivity index (χ3v) is 4.46. The van der Waals surface area contributed by atoms with Crippen molar-refractivity contribution in [2.45, 2.75) is 13.5 Å². The van der Waals surface area contributed by atoms with Gasteiger partial charge >= 0.3 is 0 Å². The topological polar surface area (TPSA) is 63.2 Å². The number of ether oxygens (including phenoxy) is 1. The Kier molecular flexibility index (Phi) is 5.48. The van der Waals surface area contributed by atoms with E-state index < -0.39 is 0 Å². The van der Waals surface area contributed by atoms with Crippen LogP contribution >= 0.6 is 11.3 Å².